The van der Waals surface area contributed by atoms with E-state index >= 15 is 0 Å². The highest BCUT2D eigenvalue weighted by Crippen LogP contribution is 2.65. The van der Waals surface area contributed by atoms with E-state index in [1.54, 1.807) is 24.3 Å². The fraction of sp³-hybridized carbons (Fsp3) is 0.130. The van der Waals surface area contributed by atoms with Crippen LogP contribution in [0.5, 0.6) is 0 Å². The van der Waals surface area contributed by atoms with Gasteiger partial charge in [0.15, 0.2) is 0 Å². The molecule has 1 fully saturated rings. The maximum atomic E-state index is 13.4. The van der Waals surface area contributed by atoms with Crippen LogP contribution in [0.2, 0.25) is 15.1 Å². The molecule has 4 nitrogen and oxygen atoms in total. The number of amides is 2. The normalized spacial score (nSPS) is 18.5. The zero-order valence-electron chi connectivity index (χ0n) is 16.5. The predicted molar refractivity (Wildman–Crippen MR) is 132 cm³/mol. The Balaban J connectivity index is 1.50. The number of anilines is 2. The number of halogens is 6. The van der Waals surface area contributed by atoms with Gasteiger partial charge < -0.3 is 10.6 Å². The van der Waals surface area contributed by atoms with Gasteiger partial charge in [0.1, 0.15) is 10.2 Å². The molecule has 0 aromatic heterocycles. The van der Waals surface area contributed by atoms with Crippen molar-refractivity contribution >= 4 is 81.2 Å². The first-order chi connectivity index (χ1) is 15.6. The van der Waals surface area contributed by atoms with Gasteiger partial charge in [0.2, 0.25) is 5.91 Å². The summed E-state index contributed by atoms with van der Waals surface area (Å²) in [6, 6.07) is 14.8. The molecule has 1 aliphatic carbocycles. The van der Waals surface area contributed by atoms with Gasteiger partial charge in [-0.15, -0.1) is 23.2 Å². The van der Waals surface area contributed by atoms with Crippen LogP contribution in [0.25, 0.3) is 0 Å². The molecule has 0 aliphatic heterocycles. The van der Waals surface area contributed by atoms with Crippen LogP contribution >= 0.6 is 58.0 Å². The van der Waals surface area contributed by atoms with Crippen LogP contribution in [-0.4, -0.2) is 16.1 Å². The van der Waals surface area contributed by atoms with Gasteiger partial charge in [-0.3, -0.25) is 9.59 Å². The molecule has 2 N–H and O–H groups in total. The molecule has 0 radical (unpaired) electrons. The van der Waals surface area contributed by atoms with Gasteiger partial charge >= 0.3 is 0 Å². The smallest absolute Gasteiger partial charge is 0.257 e. The monoisotopic (exact) mass is 544 g/mol. The minimum atomic E-state index is -1.33. The molecular weight excluding hydrogens is 533 g/mol. The van der Waals surface area contributed by atoms with Crippen molar-refractivity contribution in [2.45, 2.75) is 10.3 Å². The van der Waals surface area contributed by atoms with E-state index in [1.165, 1.54) is 36.4 Å². The van der Waals surface area contributed by atoms with E-state index in [-0.39, 0.29) is 16.3 Å². The van der Waals surface area contributed by atoms with E-state index in [0.717, 1.165) is 0 Å². The summed E-state index contributed by atoms with van der Waals surface area (Å²) < 4.78 is 12.1. The number of carbonyl (C=O) groups is 2. The van der Waals surface area contributed by atoms with Crippen LogP contribution in [0.1, 0.15) is 21.8 Å². The van der Waals surface area contributed by atoms with Crippen LogP contribution in [0, 0.1) is 11.7 Å². The molecule has 2 atom stereocenters. The van der Waals surface area contributed by atoms with Crippen molar-refractivity contribution < 1.29 is 14.0 Å². The first-order valence-corrected chi connectivity index (χ1v) is 11.5. The maximum absolute atomic E-state index is 13.4. The molecule has 2 unspecified atom stereocenters. The topological polar surface area (TPSA) is 58.2 Å². The number of hydrogen-bond acceptors (Lipinski definition) is 2. The summed E-state index contributed by atoms with van der Waals surface area (Å²) in [5, 5.41) is 6.15. The first kappa shape index (κ1) is 24.1. The third-order valence-corrected chi connectivity index (χ3v) is 7.21. The Hall–Kier alpha value is -2.02. The number of hydrogen-bond donors (Lipinski definition) is 2. The van der Waals surface area contributed by atoms with E-state index in [4.69, 9.17) is 58.0 Å². The SMILES string of the molecule is O=C(Nc1cccc(F)c1)c1cc(NC(=O)C2C(c3ccc(Cl)c(Cl)c3)C2(Cl)Cl)ccc1Cl. The lowest BCUT2D eigenvalue weighted by Gasteiger charge is -2.10. The highest BCUT2D eigenvalue weighted by atomic mass is 35.5. The molecule has 0 spiro atoms. The van der Waals surface area contributed by atoms with Crippen LogP contribution in [0.4, 0.5) is 15.8 Å². The van der Waals surface area contributed by atoms with E-state index in [2.05, 4.69) is 10.6 Å². The number of alkyl halides is 2. The predicted octanol–water partition coefficient (Wildman–Crippen LogP) is 7.56. The lowest BCUT2D eigenvalue weighted by Crippen LogP contribution is -2.18. The number of carbonyl (C=O) groups excluding carboxylic acids is 2. The maximum Gasteiger partial charge on any atom is 0.257 e. The van der Waals surface area contributed by atoms with Gasteiger partial charge in [-0.25, -0.2) is 4.39 Å². The Kier molecular flexibility index (Phi) is 6.81. The quantitative estimate of drug-likeness (QED) is 0.325. The average Bonchev–Trinajstić information content (AvgIpc) is 3.33. The van der Waals surface area contributed by atoms with Gasteiger partial charge in [0.25, 0.3) is 5.91 Å². The summed E-state index contributed by atoms with van der Waals surface area (Å²) in [6.07, 6.45) is 0. The number of rotatable bonds is 5. The molecule has 170 valence electrons. The van der Waals surface area contributed by atoms with E-state index < -0.39 is 33.8 Å². The Morgan fingerprint density at radius 3 is 2.21 bits per heavy atom. The van der Waals surface area contributed by atoms with Gasteiger partial charge in [-0.1, -0.05) is 46.9 Å². The third-order valence-electron chi connectivity index (χ3n) is 5.20. The van der Waals surface area contributed by atoms with Gasteiger partial charge in [-0.2, -0.15) is 0 Å². The molecule has 33 heavy (non-hydrogen) atoms. The fourth-order valence-electron chi connectivity index (χ4n) is 3.54. The average molecular weight is 547 g/mol. The molecular formula is C23H14Cl5FN2O2. The lowest BCUT2D eigenvalue weighted by atomic mass is 10.1. The highest BCUT2D eigenvalue weighted by molar-refractivity contribution is 6.53. The molecule has 1 saturated carbocycles. The first-order valence-electron chi connectivity index (χ1n) is 9.58. The van der Waals surface area contributed by atoms with Crippen molar-refractivity contribution in [3.8, 4) is 0 Å². The zero-order valence-corrected chi connectivity index (χ0v) is 20.3. The van der Waals surface area contributed by atoms with Gasteiger partial charge in [-0.05, 0) is 54.1 Å². The van der Waals surface area contributed by atoms with E-state index in [0.29, 0.717) is 21.3 Å². The summed E-state index contributed by atoms with van der Waals surface area (Å²) in [6.45, 7) is 0. The van der Waals surface area contributed by atoms with Crippen molar-refractivity contribution in [3.63, 3.8) is 0 Å². The summed E-state index contributed by atoms with van der Waals surface area (Å²) >= 11 is 31.0. The summed E-state index contributed by atoms with van der Waals surface area (Å²) in [7, 11) is 0. The Morgan fingerprint density at radius 2 is 1.52 bits per heavy atom. The van der Waals surface area contributed by atoms with Crippen molar-refractivity contribution in [2.24, 2.45) is 5.92 Å². The lowest BCUT2D eigenvalue weighted by molar-refractivity contribution is -0.117. The second kappa shape index (κ2) is 9.32. The van der Waals surface area contributed by atoms with Crippen molar-refractivity contribution in [3.05, 3.63) is 92.7 Å². The standard InChI is InChI=1S/C23H14Cl5FN2O2/c24-16-7-5-14(10-15(16)21(32)30-13-3-1-2-12(29)9-13)31-22(33)20-19(23(20,27)28)11-4-6-17(25)18(26)8-11/h1-10,19-20H,(H,30,32)(H,31,33). The summed E-state index contributed by atoms with van der Waals surface area (Å²) in [4.78, 5) is 25.5. The molecule has 3 aromatic carbocycles. The zero-order chi connectivity index (χ0) is 23.9. The van der Waals surface area contributed by atoms with Crippen molar-refractivity contribution in [1.82, 2.24) is 0 Å². The van der Waals surface area contributed by atoms with E-state index in [1.807, 2.05) is 0 Å². The number of nitrogens with one attached hydrogen (secondary N) is 2. The van der Waals surface area contributed by atoms with Crippen LogP contribution < -0.4 is 10.6 Å². The third kappa shape index (κ3) is 5.08. The summed E-state index contributed by atoms with van der Waals surface area (Å²) in [5.74, 6) is -2.73. The molecule has 1 aliphatic rings. The second-order valence-corrected chi connectivity index (χ2v) is 10.1. The van der Waals surface area contributed by atoms with Gasteiger partial charge in [0, 0.05) is 17.3 Å². The molecule has 0 bridgehead atoms. The Morgan fingerprint density at radius 1 is 0.818 bits per heavy atom. The molecule has 10 heteroatoms. The molecule has 4 rings (SSSR count). The second-order valence-electron chi connectivity index (χ2n) is 7.45. The Labute approximate surface area is 213 Å². The van der Waals surface area contributed by atoms with Crippen molar-refractivity contribution in [2.75, 3.05) is 10.6 Å². The van der Waals surface area contributed by atoms with Crippen molar-refractivity contribution in [1.29, 1.82) is 0 Å². The number of benzene rings is 3. The molecule has 0 heterocycles. The molecule has 2 amide bonds. The largest absolute Gasteiger partial charge is 0.326 e. The summed E-state index contributed by atoms with van der Waals surface area (Å²) in [5.41, 5.74) is 1.36. The minimum absolute atomic E-state index is 0.0959. The highest BCUT2D eigenvalue weighted by Gasteiger charge is 2.67. The molecule has 0 saturated heterocycles. The van der Waals surface area contributed by atoms with E-state index in [9.17, 15) is 14.0 Å². The van der Waals surface area contributed by atoms with Gasteiger partial charge in [0.05, 0.1) is 26.5 Å². The molecule has 3 aromatic rings. The minimum Gasteiger partial charge on any atom is -0.326 e. The van der Waals surface area contributed by atoms with Crippen LogP contribution in [0.3, 0.4) is 0 Å². The Bertz CT molecular complexity index is 1270. The fourth-order valence-corrected chi connectivity index (χ4v) is 4.87. The van der Waals surface area contributed by atoms with Crippen LogP contribution in [0.15, 0.2) is 60.7 Å². The van der Waals surface area contributed by atoms with Crippen LogP contribution in [-0.2, 0) is 4.79 Å².